The summed E-state index contributed by atoms with van der Waals surface area (Å²) in [5.74, 6) is -0.135. The summed E-state index contributed by atoms with van der Waals surface area (Å²) in [6, 6.07) is 10.9. The molecule has 0 radical (unpaired) electrons. The molecule has 5 heterocycles. The van der Waals surface area contributed by atoms with Crippen LogP contribution < -0.4 is 10.1 Å². The predicted molar refractivity (Wildman–Crippen MR) is 126 cm³/mol. The number of hydrogen-bond donors (Lipinski definition) is 1. The molecule has 2 aromatic heterocycles. The van der Waals surface area contributed by atoms with E-state index in [4.69, 9.17) is 9.72 Å². The quantitative estimate of drug-likeness (QED) is 0.568. The molecule has 1 aromatic carbocycles. The molecular formula is C26H25N5O4. The van der Waals surface area contributed by atoms with Crippen LogP contribution in [0.2, 0.25) is 0 Å². The van der Waals surface area contributed by atoms with Crippen molar-refractivity contribution < 1.29 is 19.1 Å². The Hall–Kier alpha value is -3.85. The highest BCUT2D eigenvalue weighted by molar-refractivity contribution is 6.05. The van der Waals surface area contributed by atoms with Crippen LogP contribution in [0, 0.1) is 0 Å². The number of nitrogens with one attached hydrogen (secondary N) is 1. The number of piperidine rings is 1. The number of nitrogens with zero attached hydrogens (tertiary/aromatic N) is 4. The molecule has 9 heteroatoms. The molecule has 6 rings (SSSR count). The zero-order valence-electron chi connectivity index (χ0n) is 19.1. The molecule has 3 aliphatic rings. The van der Waals surface area contributed by atoms with E-state index in [2.05, 4.69) is 21.3 Å². The van der Waals surface area contributed by atoms with Gasteiger partial charge < -0.3 is 9.64 Å². The summed E-state index contributed by atoms with van der Waals surface area (Å²) in [4.78, 5) is 49.4. The summed E-state index contributed by atoms with van der Waals surface area (Å²) in [5, 5.41) is 3.37. The minimum absolute atomic E-state index is 0.0565. The molecule has 3 aromatic rings. The van der Waals surface area contributed by atoms with Gasteiger partial charge in [-0.05, 0) is 54.8 Å². The van der Waals surface area contributed by atoms with E-state index in [1.54, 1.807) is 17.2 Å². The van der Waals surface area contributed by atoms with Gasteiger partial charge in [0.05, 0.1) is 11.2 Å². The number of likely N-dealkylation sites (tertiary alicyclic amines) is 1. The summed E-state index contributed by atoms with van der Waals surface area (Å²) < 4.78 is 6.27. The van der Waals surface area contributed by atoms with Crippen LogP contribution in [0.15, 0.2) is 48.8 Å². The SMILES string of the molecule is O=C1CCC(N2Cc3cc(O[C@H]4CCN(Cc5ccc6cnccc6n5)C4)ccc3C2=O)C(=O)N1. The molecule has 0 aliphatic carbocycles. The van der Waals surface area contributed by atoms with Crippen molar-refractivity contribution in [2.45, 2.75) is 44.5 Å². The molecule has 0 spiro atoms. The van der Waals surface area contributed by atoms with Gasteiger partial charge >= 0.3 is 0 Å². The van der Waals surface area contributed by atoms with E-state index in [1.165, 1.54) is 0 Å². The van der Waals surface area contributed by atoms with Crippen molar-refractivity contribution in [2.24, 2.45) is 0 Å². The van der Waals surface area contributed by atoms with Crippen molar-refractivity contribution in [3.63, 3.8) is 0 Å². The van der Waals surface area contributed by atoms with Gasteiger partial charge in [-0.25, -0.2) is 0 Å². The molecule has 2 atom stereocenters. The summed E-state index contributed by atoms with van der Waals surface area (Å²) in [6.07, 6.45) is 5.15. The van der Waals surface area contributed by atoms with Crippen LogP contribution in [-0.4, -0.2) is 62.7 Å². The molecule has 178 valence electrons. The summed E-state index contributed by atoms with van der Waals surface area (Å²) in [5.41, 5.74) is 3.41. The second kappa shape index (κ2) is 8.74. The minimum atomic E-state index is -0.611. The van der Waals surface area contributed by atoms with E-state index in [-0.39, 0.29) is 24.3 Å². The molecule has 9 nitrogen and oxygen atoms in total. The van der Waals surface area contributed by atoms with E-state index in [0.717, 1.165) is 54.0 Å². The number of hydrogen-bond acceptors (Lipinski definition) is 7. The van der Waals surface area contributed by atoms with Crippen LogP contribution in [0.5, 0.6) is 5.75 Å². The Morgan fingerprint density at radius 3 is 2.89 bits per heavy atom. The van der Waals surface area contributed by atoms with Gasteiger partial charge in [0, 0.05) is 55.9 Å². The van der Waals surface area contributed by atoms with Gasteiger partial charge in [-0.2, -0.15) is 0 Å². The lowest BCUT2D eigenvalue weighted by Gasteiger charge is -2.29. The van der Waals surface area contributed by atoms with E-state index in [9.17, 15) is 14.4 Å². The fourth-order valence-corrected chi connectivity index (χ4v) is 5.18. The smallest absolute Gasteiger partial charge is 0.255 e. The van der Waals surface area contributed by atoms with E-state index in [1.807, 2.05) is 30.5 Å². The lowest BCUT2D eigenvalue weighted by Crippen LogP contribution is -2.52. The number of carbonyl (C=O) groups excluding carboxylic acids is 3. The Kier molecular flexibility index (Phi) is 5.41. The van der Waals surface area contributed by atoms with Crippen LogP contribution in [0.1, 0.15) is 40.9 Å². The molecule has 35 heavy (non-hydrogen) atoms. The first-order chi connectivity index (χ1) is 17.0. The molecule has 1 N–H and O–H groups in total. The monoisotopic (exact) mass is 471 g/mol. The highest BCUT2D eigenvalue weighted by atomic mass is 16.5. The number of carbonyl (C=O) groups is 3. The third kappa shape index (κ3) is 4.23. The highest BCUT2D eigenvalue weighted by Crippen LogP contribution is 2.31. The number of pyridine rings is 2. The predicted octanol–water partition coefficient (Wildman–Crippen LogP) is 2.04. The van der Waals surface area contributed by atoms with Crippen molar-refractivity contribution in [1.82, 2.24) is 25.1 Å². The minimum Gasteiger partial charge on any atom is -0.489 e. The van der Waals surface area contributed by atoms with E-state index >= 15 is 0 Å². The Balaban J connectivity index is 1.08. The Morgan fingerprint density at radius 2 is 2.00 bits per heavy atom. The molecular weight excluding hydrogens is 446 g/mol. The van der Waals surface area contributed by atoms with E-state index < -0.39 is 11.9 Å². The lowest BCUT2D eigenvalue weighted by atomic mass is 10.0. The molecule has 3 aliphatic heterocycles. The second-order valence-corrected chi connectivity index (χ2v) is 9.35. The fourth-order valence-electron chi connectivity index (χ4n) is 5.18. The first-order valence-corrected chi connectivity index (χ1v) is 11.9. The van der Waals surface area contributed by atoms with Crippen LogP contribution in [0.25, 0.3) is 10.9 Å². The highest BCUT2D eigenvalue weighted by Gasteiger charge is 2.39. The standard InChI is InChI=1S/C26H25N5O4/c32-24-6-5-23(25(33)29-24)31-13-17-11-19(3-4-21(17)26(31)34)35-20-8-10-30(15-20)14-18-2-1-16-12-27-9-7-22(16)28-18/h1-4,7,9,11-12,20,23H,5-6,8,10,13-15H2,(H,29,32,33)/t20-,23?/m0/s1. The van der Waals surface area contributed by atoms with Crippen LogP contribution in [0.4, 0.5) is 0 Å². The molecule has 0 saturated carbocycles. The summed E-state index contributed by atoms with van der Waals surface area (Å²) in [7, 11) is 0. The zero-order chi connectivity index (χ0) is 23.9. The number of aromatic nitrogens is 2. The van der Waals surface area contributed by atoms with Crippen LogP contribution in [0.3, 0.4) is 0 Å². The second-order valence-electron chi connectivity index (χ2n) is 9.35. The van der Waals surface area contributed by atoms with Crippen molar-refractivity contribution in [3.8, 4) is 5.75 Å². The van der Waals surface area contributed by atoms with E-state index in [0.29, 0.717) is 18.5 Å². The largest absolute Gasteiger partial charge is 0.489 e. The number of imide groups is 1. The fraction of sp³-hybridized carbons (Fsp3) is 0.346. The number of benzene rings is 1. The summed E-state index contributed by atoms with van der Waals surface area (Å²) >= 11 is 0. The first kappa shape index (κ1) is 21.7. The maximum Gasteiger partial charge on any atom is 0.255 e. The molecule has 2 saturated heterocycles. The average Bonchev–Trinajstić information content (AvgIpc) is 3.42. The van der Waals surface area contributed by atoms with Gasteiger partial charge in [-0.3, -0.25) is 34.6 Å². The average molecular weight is 472 g/mol. The number of fused-ring (bicyclic) bond motifs is 2. The van der Waals surface area contributed by atoms with Gasteiger partial charge in [0.15, 0.2) is 0 Å². The topological polar surface area (TPSA) is 105 Å². The molecule has 2 fully saturated rings. The van der Waals surface area contributed by atoms with Crippen molar-refractivity contribution in [3.05, 3.63) is 65.6 Å². The van der Waals surface area contributed by atoms with Crippen molar-refractivity contribution in [1.29, 1.82) is 0 Å². The number of rotatable bonds is 5. The van der Waals surface area contributed by atoms with Gasteiger partial charge in [-0.1, -0.05) is 0 Å². The normalized spacial score (nSPS) is 22.5. The lowest BCUT2D eigenvalue weighted by molar-refractivity contribution is -0.136. The molecule has 3 amide bonds. The van der Waals surface area contributed by atoms with Gasteiger partial charge in [0.2, 0.25) is 11.8 Å². The van der Waals surface area contributed by atoms with Gasteiger partial charge in [0.1, 0.15) is 17.9 Å². The Labute approximate surface area is 202 Å². The third-order valence-electron chi connectivity index (χ3n) is 6.96. The Morgan fingerprint density at radius 1 is 1.09 bits per heavy atom. The Bertz CT molecular complexity index is 1340. The van der Waals surface area contributed by atoms with Crippen molar-refractivity contribution in [2.75, 3.05) is 13.1 Å². The van der Waals surface area contributed by atoms with Gasteiger partial charge in [0.25, 0.3) is 5.91 Å². The summed E-state index contributed by atoms with van der Waals surface area (Å²) in [6.45, 7) is 2.83. The zero-order valence-corrected chi connectivity index (χ0v) is 19.1. The van der Waals surface area contributed by atoms with Gasteiger partial charge in [-0.15, -0.1) is 0 Å². The maximum atomic E-state index is 12.9. The number of ether oxygens (including phenoxy) is 1. The van der Waals surface area contributed by atoms with Crippen LogP contribution in [-0.2, 0) is 22.7 Å². The first-order valence-electron chi connectivity index (χ1n) is 11.9. The van der Waals surface area contributed by atoms with Crippen molar-refractivity contribution >= 4 is 28.6 Å². The molecule has 1 unspecified atom stereocenters. The third-order valence-corrected chi connectivity index (χ3v) is 6.96. The number of amides is 3. The molecule has 0 bridgehead atoms. The maximum absolute atomic E-state index is 12.9. The van der Waals surface area contributed by atoms with Crippen LogP contribution >= 0.6 is 0 Å².